The zero-order valence-electron chi connectivity index (χ0n) is 12.8. The van der Waals surface area contributed by atoms with Gasteiger partial charge in [0.05, 0.1) is 6.04 Å². The number of benzene rings is 2. The molecular formula is C18H22BrN. The lowest BCUT2D eigenvalue weighted by Gasteiger charge is -2.22. The van der Waals surface area contributed by atoms with Gasteiger partial charge in [-0.3, -0.25) is 0 Å². The molecule has 0 amide bonds. The third-order valence-electron chi connectivity index (χ3n) is 4.23. The zero-order chi connectivity index (χ0) is 15.0. The van der Waals surface area contributed by atoms with Crippen LogP contribution in [0.4, 0.5) is 0 Å². The van der Waals surface area contributed by atoms with E-state index in [4.69, 9.17) is 5.73 Å². The van der Waals surface area contributed by atoms with Gasteiger partial charge < -0.3 is 5.73 Å². The highest BCUT2D eigenvalue weighted by molar-refractivity contribution is 9.10. The van der Waals surface area contributed by atoms with E-state index < -0.39 is 0 Å². The summed E-state index contributed by atoms with van der Waals surface area (Å²) in [7, 11) is 0. The van der Waals surface area contributed by atoms with Gasteiger partial charge >= 0.3 is 0 Å². The quantitative estimate of drug-likeness (QED) is 0.819. The molecule has 2 N–H and O–H groups in total. The van der Waals surface area contributed by atoms with Gasteiger partial charge in [0.15, 0.2) is 0 Å². The van der Waals surface area contributed by atoms with E-state index in [-0.39, 0.29) is 6.04 Å². The molecule has 1 unspecified atom stereocenters. The van der Waals surface area contributed by atoms with Crippen LogP contribution in [0, 0.1) is 34.6 Å². The third-order valence-corrected chi connectivity index (χ3v) is 4.91. The van der Waals surface area contributed by atoms with Gasteiger partial charge in [-0.25, -0.2) is 0 Å². The Bertz CT molecular complexity index is 633. The molecule has 1 atom stereocenters. The summed E-state index contributed by atoms with van der Waals surface area (Å²) < 4.78 is 1.09. The highest BCUT2D eigenvalue weighted by atomic mass is 79.9. The predicted molar refractivity (Wildman–Crippen MR) is 90.3 cm³/mol. The first-order valence-corrected chi connectivity index (χ1v) is 7.71. The van der Waals surface area contributed by atoms with Crippen LogP contribution in [0.1, 0.15) is 45.0 Å². The molecule has 106 valence electrons. The van der Waals surface area contributed by atoms with E-state index >= 15 is 0 Å². The molecule has 0 aliphatic heterocycles. The van der Waals surface area contributed by atoms with Gasteiger partial charge in [0.1, 0.15) is 0 Å². The van der Waals surface area contributed by atoms with Gasteiger partial charge in [-0.05, 0) is 79.6 Å². The van der Waals surface area contributed by atoms with Crippen LogP contribution in [0.5, 0.6) is 0 Å². The van der Waals surface area contributed by atoms with Crippen molar-refractivity contribution < 1.29 is 0 Å². The summed E-state index contributed by atoms with van der Waals surface area (Å²) in [6, 6.07) is 8.52. The summed E-state index contributed by atoms with van der Waals surface area (Å²) in [5.41, 5.74) is 15.4. The molecule has 0 aliphatic carbocycles. The Morgan fingerprint density at radius 1 is 0.900 bits per heavy atom. The first-order chi connectivity index (χ1) is 9.32. The van der Waals surface area contributed by atoms with E-state index in [1.807, 2.05) is 0 Å². The van der Waals surface area contributed by atoms with Crippen LogP contribution in [0.15, 0.2) is 28.7 Å². The Balaban J connectivity index is 2.62. The second-order valence-corrected chi connectivity index (χ2v) is 6.53. The average Bonchev–Trinajstić information content (AvgIpc) is 2.36. The van der Waals surface area contributed by atoms with Crippen LogP contribution in [-0.4, -0.2) is 0 Å². The molecule has 2 rings (SSSR count). The summed E-state index contributed by atoms with van der Waals surface area (Å²) in [6.07, 6.45) is 0. The van der Waals surface area contributed by atoms with Gasteiger partial charge in [-0.1, -0.05) is 34.1 Å². The minimum atomic E-state index is -0.0939. The largest absolute Gasteiger partial charge is 0.320 e. The molecule has 0 aromatic heterocycles. The molecule has 2 heteroatoms. The SMILES string of the molecule is Cc1ccc(C(N)c2c(C)c(C)cc(C)c2C)c(Br)c1. The number of aryl methyl sites for hydroxylation is 3. The smallest absolute Gasteiger partial charge is 0.0568 e. The van der Waals surface area contributed by atoms with Gasteiger partial charge in [-0.15, -0.1) is 0 Å². The van der Waals surface area contributed by atoms with E-state index in [9.17, 15) is 0 Å². The highest BCUT2D eigenvalue weighted by Gasteiger charge is 2.18. The van der Waals surface area contributed by atoms with Crippen molar-refractivity contribution in [3.8, 4) is 0 Å². The summed E-state index contributed by atoms with van der Waals surface area (Å²) in [4.78, 5) is 0. The fourth-order valence-corrected chi connectivity index (χ4v) is 3.49. The topological polar surface area (TPSA) is 26.0 Å². The van der Waals surface area contributed by atoms with Crippen molar-refractivity contribution in [2.24, 2.45) is 5.73 Å². The molecule has 0 saturated heterocycles. The van der Waals surface area contributed by atoms with Crippen molar-refractivity contribution in [2.45, 2.75) is 40.7 Å². The number of nitrogens with two attached hydrogens (primary N) is 1. The lowest BCUT2D eigenvalue weighted by atomic mass is 9.87. The molecule has 0 fully saturated rings. The van der Waals surface area contributed by atoms with Crippen LogP contribution >= 0.6 is 15.9 Å². The fraction of sp³-hybridized carbons (Fsp3) is 0.333. The van der Waals surface area contributed by atoms with Crippen molar-refractivity contribution in [1.82, 2.24) is 0 Å². The van der Waals surface area contributed by atoms with Crippen molar-refractivity contribution in [1.29, 1.82) is 0 Å². The number of rotatable bonds is 2. The number of hydrogen-bond acceptors (Lipinski definition) is 1. The lowest BCUT2D eigenvalue weighted by molar-refractivity contribution is 0.840. The Hall–Kier alpha value is -1.12. The third kappa shape index (κ3) is 2.68. The summed E-state index contributed by atoms with van der Waals surface area (Å²) in [5, 5.41) is 0. The predicted octanol–water partition coefficient (Wildman–Crippen LogP) is 5.04. The molecule has 0 bridgehead atoms. The zero-order valence-corrected chi connectivity index (χ0v) is 14.4. The summed E-state index contributed by atoms with van der Waals surface area (Å²) in [6.45, 7) is 10.7. The van der Waals surface area contributed by atoms with Crippen molar-refractivity contribution in [3.05, 3.63) is 67.7 Å². The Morgan fingerprint density at radius 3 is 1.95 bits per heavy atom. The van der Waals surface area contributed by atoms with E-state index in [2.05, 4.69) is 74.8 Å². The van der Waals surface area contributed by atoms with Gasteiger partial charge in [-0.2, -0.15) is 0 Å². The standard InChI is InChI=1S/C18H22BrN/c1-10-6-7-15(16(19)8-10)18(20)17-13(4)11(2)9-12(3)14(17)5/h6-9,18H,20H2,1-5H3. The van der Waals surface area contributed by atoms with Crippen LogP contribution in [-0.2, 0) is 0 Å². The Kier molecular flexibility index (Phi) is 4.36. The molecule has 20 heavy (non-hydrogen) atoms. The maximum Gasteiger partial charge on any atom is 0.0568 e. The summed E-state index contributed by atoms with van der Waals surface area (Å²) in [5.74, 6) is 0. The molecule has 0 heterocycles. The maximum absolute atomic E-state index is 6.58. The van der Waals surface area contributed by atoms with Gasteiger partial charge in [0.2, 0.25) is 0 Å². The monoisotopic (exact) mass is 331 g/mol. The summed E-state index contributed by atoms with van der Waals surface area (Å²) >= 11 is 3.65. The van der Waals surface area contributed by atoms with Crippen molar-refractivity contribution >= 4 is 15.9 Å². The van der Waals surface area contributed by atoms with Crippen LogP contribution < -0.4 is 5.73 Å². The molecule has 2 aromatic carbocycles. The average molecular weight is 332 g/mol. The van der Waals surface area contributed by atoms with Crippen LogP contribution in [0.25, 0.3) is 0 Å². The molecule has 0 saturated carbocycles. The van der Waals surface area contributed by atoms with Gasteiger partial charge in [0.25, 0.3) is 0 Å². The lowest BCUT2D eigenvalue weighted by Crippen LogP contribution is -2.17. The Morgan fingerprint density at radius 2 is 1.45 bits per heavy atom. The van der Waals surface area contributed by atoms with Gasteiger partial charge in [0, 0.05) is 4.47 Å². The Labute approximate surface area is 130 Å². The highest BCUT2D eigenvalue weighted by Crippen LogP contribution is 2.33. The van der Waals surface area contributed by atoms with Crippen molar-refractivity contribution in [2.75, 3.05) is 0 Å². The van der Waals surface area contributed by atoms with E-state index in [0.29, 0.717) is 0 Å². The van der Waals surface area contributed by atoms with Crippen LogP contribution in [0.3, 0.4) is 0 Å². The fourth-order valence-electron chi connectivity index (χ4n) is 2.75. The molecule has 0 radical (unpaired) electrons. The minimum absolute atomic E-state index is 0.0939. The van der Waals surface area contributed by atoms with Crippen molar-refractivity contribution in [3.63, 3.8) is 0 Å². The molecule has 2 aromatic rings. The van der Waals surface area contributed by atoms with E-state index in [0.717, 1.165) is 10.0 Å². The molecular weight excluding hydrogens is 310 g/mol. The second kappa shape index (κ2) is 5.71. The maximum atomic E-state index is 6.58. The normalized spacial score (nSPS) is 12.6. The minimum Gasteiger partial charge on any atom is -0.320 e. The number of halogens is 1. The molecule has 0 aliphatic rings. The number of hydrogen-bond donors (Lipinski definition) is 1. The second-order valence-electron chi connectivity index (χ2n) is 5.68. The molecule has 0 spiro atoms. The first-order valence-electron chi connectivity index (χ1n) is 6.92. The molecule has 1 nitrogen and oxygen atoms in total. The first kappa shape index (κ1) is 15.3. The van der Waals surface area contributed by atoms with E-state index in [1.165, 1.54) is 33.4 Å². The van der Waals surface area contributed by atoms with E-state index in [1.54, 1.807) is 0 Å². The van der Waals surface area contributed by atoms with Crippen LogP contribution in [0.2, 0.25) is 0 Å².